The first-order chi connectivity index (χ1) is 32.5. The van der Waals surface area contributed by atoms with Gasteiger partial charge in [0.05, 0.1) is 0 Å². The fraction of sp³-hybridized carbons (Fsp3) is 0.783. The minimum Gasteiger partial charge on any atom is -0.462 e. The van der Waals surface area contributed by atoms with Crippen molar-refractivity contribution in [2.45, 2.75) is 290 Å². The standard InChI is InChI=1S/C60H106O6/c1-4-7-10-13-16-19-22-25-28-29-30-31-33-35-38-41-44-47-50-53-59(62)65-56-57(55-64-58(61)52-49-46-43-40-37-34-27-24-21-18-15-12-9-6-3)66-60(63)54-51-48-45-42-39-36-32-26-23-20-17-14-11-8-5-2/h8,11,15,17-18,20,24,26-27,32,57H,4-7,9-10,12-14,16,19,21-23,25,28-31,33-56H2,1-3H3/b11-8+,18-15+,20-17+,27-24+,32-26+/t57-/m1/s1. The van der Waals surface area contributed by atoms with Gasteiger partial charge in [-0.25, -0.2) is 0 Å². The molecule has 66 heavy (non-hydrogen) atoms. The highest BCUT2D eigenvalue weighted by atomic mass is 16.6. The molecule has 6 heteroatoms. The van der Waals surface area contributed by atoms with Crippen LogP contribution in [0, 0.1) is 0 Å². The molecule has 0 fully saturated rings. The maximum Gasteiger partial charge on any atom is 0.306 e. The van der Waals surface area contributed by atoms with Gasteiger partial charge in [0.2, 0.25) is 0 Å². The predicted molar refractivity (Wildman–Crippen MR) is 284 cm³/mol. The number of allylic oxidation sites excluding steroid dienone is 10. The maximum absolute atomic E-state index is 12.8. The molecular formula is C60H106O6. The maximum atomic E-state index is 12.8. The van der Waals surface area contributed by atoms with E-state index in [1.807, 2.05) is 0 Å². The lowest BCUT2D eigenvalue weighted by molar-refractivity contribution is -0.167. The van der Waals surface area contributed by atoms with Crippen molar-refractivity contribution in [2.24, 2.45) is 0 Å². The number of carbonyl (C=O) groups is 3. The van der Waals surface area contributed by atoms with Crippen LogP contribution in [0.3, 0.4) is 0 Å². The lowest BCUT2D eigenvalue weighted by Crippen LogP contribution is -2.30. The zero-order valence-electron chi connectivity index (χ0n) is 43.7. The van der Waals surface area contributed by atoms with E-state index < -0.39 is 6.10 Å². The van der Waals surface area contributed by atoms with Crippen LogP contribution in [-0.2, 0) is 28.6 Å². The second kappa shape index (κ2) is 54.7. The molecule has 0 aliphatic heterocycles. The van der Waals surface area contributed by atoms with Crippen LogP contribution in [-0.4, -0.2) is 37.2 Å². The molecule has 0 aromatic heterocycles. The number of carbonyl (C=O) groups excluding carboxylic acids is 3. The van der Waals surface area contributed by atoms with Gasteiger partial charge in [-0.15, -0.1) is 0 Å². The first kappa shape index (κ1) is 63.1. The minimum atomic E-state index is -0.787. The summed E-state index contributed by atoms with van der Waals surface area (Å²) in [6.07, 6.45) is 67.8. The van der Waals surface area contributed by atoms with Crippen LogP contribution < -0.4 is 0 Å². The summed E-state index contributed by atoms with van der Waals surface area (Å²) < 4.78 is 16.8. The Morgan fingerprint density at radius 3 is 0.970 bits per heavy atom. The first-order valence-electron chi connectivity index (χ1n) is 28.3. The van der Waals surface area contributed by atoms with Crippen molar-refractivity contribution in [3.05, 3.63) is 60.8 Å². The molecular weight excluding hydrogens is 817 g/mol. The normalized spacial score (nSPS) is 12.5. The van der Waals surface area contributed by atoms with Crippen LogP contribution in [0.1, 0.15) is 284 Å². The van der Waals surface area contributed by atoms with Crippen molar-refractivity contribution in [3.63, 3.8) is 0 Å². The molecule has 0 spiro atoms. The SMILES string of the molecule is CC/C=C/C/C=C/C/C=C/CCCCCCCC(=O)O[C@H](COC(=O)CCCCCCC/C=C/C/C=C/CCCC)COC(=O)CCCCCCCCCCCCCCCCCCCCC. The van der Waals surface area contributed by atoms with E-state index in [0.717, 1.165) is 116 Å². The third-order valence-electron chi connectivity index (χ3n) is 12.3. The Morgan fingerprint density at radius 1 is 0.318 bits per heavy atom. The quantitative estimate of drug-likeness (QED) is 0.0262. The molecule has 1 atom stereocenters. The number of rotatable bonds is 51. The molecule has 0 radical (unpaired) electrons. The van der Waals surface area contributed by atoms with Gasteiger partial charge in [-0.2, -0.15) is 0 Å². The molecule has 382 valence electrons. The topological polar surface area (TPSA) is 78.9 Å². The summed E-state index contributed by atoms with van der Waals surface area (Å²) in [7, 11) is 0. The smallest absolute Gasteiger partial charge is 0.306 e. The van der Waals surface area contributed by atoms with Crippen LogP contribution >= 0.6 is 0 Å². The zero-order valence-corrected chi connectivity index (χ0v) is 43.7. The number of esters is 3. The Hall–Kier alpha value is -2.89. The summed E-state index contributed by atoms with van der Waals surface area (Å²) in [5.41, 5.74) is 0. The van der Waals surface area contributed by atoms with E-state index in [1.54, 1.807) is 0 Å². The molecule has 0 aromatic rings. The van der Waals surface area contributed by atoms with E-state index in [1.165, 1.54) is 128 Å². The Morgan fingerprint density at radius 2 is 0.606 bits per heavy atom. The van der Waals surface area contributed by atoms with Gasteiger partial charge in [0, 0.05) is 19.3 Å². The van der Waals surface area contributed by atoms with Gasteiger partial charge >= 0.3 is 17.9 Å². The van der Waals surface area contributed by atoms with E-state index in [9.17, 15) is 14.4 Å². The Labute approximate surface area is 409 Å². The van der Waals surface area contributed by atoms with Gasteiger partial charge in [0.25, 0.3) is 0 Å². The molecule has 6 nitrogen and oxygen atoms in total. The van der Waals surface area contributed by atoms with E-state index in [0.29, 0.717) is 19.3 Å². The first-order valence-corrected chi connectivity index (χ1v) is 28.3. The van der Waals surface area contributed by atoms with Crippen molar-refractivity contribution in [1.82, 2.24) is 0 Å². The summed E-state index contributed by atoms with van der Waals surface area (Å²) in [5.74, 6) is -0.905. The van der Waals surface area contributed by atoms with Gasteiger partial charge in [-0.3, -0.25) is 14.4 Å². The molecule has 0 rings (SSSR count). The molecule has 0 bridgehead atoms. The minimum absolute atomic E-state index is 0.0835. The van der Waals surface area contributed by atoms with E-state index >= 15 is 0 Å². The van der Waals surface area contributed by atoms with Crippen LogP contribution in [0.5, 0.6) is 0 Å². The zero-order chi connectivity index (χ0) is 47.9. The predicted octanol–water partition coefficient (Wildman–Crippen LogP) is 18.8. The van der Waals surface area contributed by atoms with E-state index in [2.05, 4.69) is 81.5 Å². The molecule has 0 aromatic carbocycles. The van der Waals surface area contributed by atoms with Gasteiger partial charge in [-0.05, 0) is 77.0 Å². The fourth-order valence-corrected chi connectivity index (χ4v) is 8.00. The molecule has 0 N–H and O–H groups in total. The number of hydrogen-bond donors (Lipinski definition) is 0. The van der Waals surface area contributed by atoms with Crippen LogP contribution in [0.25, 0.3) is 0 Å². The highest BCUT2D eigenvalue weighted by Crippen LogP contribution is 2.16. The summed E-state index contributed by atoms with van der Waals surface area (Å²) in [6, 6.07) is 0. The molecule has 0 amide bonds. The van der Waals surface area contributed by atoms with Gasteiger partial charge in [0.15, 0.2) is 6.10 Å². The van der Waals surface area contributed by atoms with Gasteiger partial charge < -0.3 is 14.2 Å². The Kier molecular flexibility index (Phi) is 52.3. The molecule has 0 unspecified atom stereocenters. The summed E-state index contributed by atoms with van der Waals surface area (Å²) >= 11 is 0. The molecule has 0 heterocycles. The summed E-state index contributed by atoms with van der Waals surface area (Å²) in [6.45, 7) is 6.49. The fourth-order valence-electron chi connectivity index (χ4n) is 8.00. The average Bonchev–Trinajstić information content (AvgIpc) is 3.31. The molecule has 0 aliphatic carbocycles. The third kappa shape index (κ3) is 52.1. The van der Waals surface area contributed by atoms with Crippen molar-refractivity contribution in [3.8, 4) is 0 Å². The van der Waals surface area contributed by atoms with Crippen LogP contribution in [0.4, 0.5) is 0 Å². The van der Waals surface area contributed by atoms with Crippen molar-refractivity contribution >= 4 is 17.9 Å². The molecule has 0 saturated heterocycles. The Balaban J connectivity index is 4.36. The van der Waals surface area contributed by atoms with Crippen molar-refractivity contribution < 1.29 is 28.6 Å². The molecule has 0 saturated carbocycles. The second-order valence-electron chi connectivity index (χ2n) is 18.8. The third-order valence-corrected chi connectivity index (χ3v) is 12.3. The molecule has 0 aliphatic rings. The second-order valence-corrected chi connectivity index (χ2v) is 18.8. The van der Waals surface area contributed by atoms with Gasteiger partial charge in [-0.1, -0.05) is 248 Å². The monoisotopic (exact) mass is 923 g/mol. The van der Waals surface area contributed by atoms with E-state index in [-0.39, 0.29) is 31.1 Å². The lowest BCUT2D eigenvalue weighted by Gasteiger charge is -2.18. The van der Waals surface area contributed by atoms with Crippen LogP contribution in [0.15, 0.2) is 60.8 Å². The van der Waals surface area contributed by atoms with Crippen molar-refractivity contribution in [2.75, 3.05) is 13.2 Å². The number of ether oxygens (including phenoxy) is 3. The highest BCUT2D eigenvalue weighted by molar-refractivity contribution is 5.71. The Bertz CT molecular complexity index is 1200. The number of hydrogen-bond acceptors (Lipinski definition) is 6. The van der Waals surface area contributed by atoms with Crippen molar-refractivity contribution in [1.29, 1.82) is 0 Å². The van der Waals surface area contributed by atoms with Gasteiger partial charge in [0.1, 0.15) is 13.2 Å². The van der Waals surface area contributed by atoms with E-state index in [4.69, 9.17) is 14.2 Å². The highest BCUT2D eigenvalue weighted by Gasteiger charge is 2.19. The number of unbranched alkanes of at least 4 members (excludes halogenated alkanes) is 30. The van der Waals surface area contributed by atoms with Crippen LogP contribution in [0.2, 0.25) is 0 Å². The average molecular weight is 924 g/mol. The lowest BCUT2D eigenvalue weighted by atomic mass is 10.0. The summed E-state index contributed by atoms with van der Waals surface area (Å²) in [5, 5.41) is 0. The summed E-state index contributed by atoms with van der Waals surface area (Å²) in [4.78, 5) is 38.1. The largest absolute Gasteiger partial charge is 0.462 e.